The number of aryl methyl sites for hydroxylation is 1. The van der Waals surface area contributed by atoms with Crippen LogP contribution in [0.5, 0.6) is 0 Å². The third kappa shape index (κ3) is 4.15. The standard InChI is InChI=1S/C22H18FN3O2S2/c1-12-5-3-4-6-17(12)24-19(27)13(2)30-22-25-20(28)18-16(11-29-21(18)26-22)14-7-9-15(23)10-8-14/h3-11,13H,1-2H3,(H,24,27)(H,25,26,28). The van der Waals surface area contributed by atoms with E-state index in [1.807, 2.05) is 36.6 Å². The molecular weight excluding hydrogens is 421 g/mol. The Kier molecular flexibility index (Phi) is 5.69. The molecule has 2 heterocycles. The normalized spacial score (nSPS) is 12.1. The number of carbonyl (C=O) groups excluding carboxylic acids is 1. The van der Waals surface area contributed by atoms with Crippen LogP contribution in [0.1, 0.15) is 12.5 Å². The van der Waals surface area contributed by atoms with Gasteiger partial charge in [0.05, 0.1) is 10.6 Å². The van der Waals surface area contributed by atoms with Gasteiger partial charge in [0.25, 0.3) is 5.56 Å². The molecule has 0 aliphatic rings. The summed E-state index contributed by atoms with van der Waals surface area (Å²) in [6.07, 6.45) is 0. The first kappa shape index (κ1) is 20.3. The van der Waals surface area contributed by atoms with Gasteiger partial charge in [-0.05, 0) is 43.2 Å². The first-order chi connectivity index (χ1) is 14.4. The highest BCUT2D eigenvalue weighted by molar-refractivity contribution is 8.00. The van der Waals surface area contributed by atoms with Crippen LogP contribution in [0.25, 0.3) is 21.3 Å². The van der Waals surface area contributed by atoms with E-state index in [9.17, 15) is 14.0 Å². The molecule has 30 heavy (non-hydrogen) atoms. The summed E-state index contributed by atoms with van der Waals surface area (Å²) in [4.78, 5) is 33.1. The first-order valence-corrected chi connectivity index (χ1v) is 11.0. The zero-order chi connectivity index (χ0) is 21.3. The van der Waals surface area contributed by atoms with Crippen molar-refractivity contribution in [3.8, 4) is 11.1 Å². The highest BCUT2D eigenvalue weighted by atomic mass is 32.2. The Balaban J connectivity index is 1.57. The van der Waals surface area contributed by atoms with Crippen LogP contribution >= 0.6 is 23.1 Å². The summed E-state index contributed by atoms with van der Waals surface area (Å²) < 4.78 is 13.2. The summed E-state index contributed by atoms with van der Waals surface area (Å²) >= 11 is 2.53. The van der Waals surface area contributed by atoms with E-state index in [4.69, 9.17) is 0 Å². The highest BCUT2D eigenvalue weighted by Crippen LogP contribution is 2.32. The van der Waals surface area contributed by atoms with E-state index in [2.05, 4.69) is 15.3 Å². The molecule has 0 saturated heterocycles. The van der Waals surface area contributed by atoms with Gasteiger partial charge in [-0.1, -0.05) is 42.1 Å². The molecule has 1 unspecified atom stereocenters. The van der Waals surface area contributed by atoms with Crippen LogP contribution in [0, 0.1) is 12.7 Å². The summed E-state index contributed by atoms with van der Waals surface area (Å²) in [5.41, 5.74) is 2.92. The van der Waals surface area contributed by atoms with Crippen molar-refractivity contribution in [1.29, 1.82) is 0 Å². The van der Waals surface area contributed by atoms with Crippen LogP contribution in [0.4, 0.5) is 10.1 Å². The van der Waals surface area contributed by atoms with Crippen molar-refractivity contribution in [3.63, 3.8) is 0 Å². The van der Waals surface area contributed by atoms with Crippen molar-refractivity contribution in [3.05, 3.63) is 75.6 Å². The molecule has 0 spiro atoms. The number of thiophene rings is 1. The lowest BCUT2D eigenvalue weighted by molar-refractivity contribution is -0.115. The average Bonchev–Trinajstić information content (AvgIpc) is 3.14. The Labute approximate surface area is 180 Å². The maximum atomic E-state index is 13.2. The molecule has 2 N–H and O–H groups in total. The Morgan fingerprint density at radius 1 is 1.20 bits per heavy atom. The smallest absolute Gasteiger partial charge is 0.260 e. The van der Waals surface area contributed by atoms with Crippen LogP contribution in [-0.2, 0) is 4.79 Å². The molecule has 1 amide bonds. The number of aromatic nitrogens is 2. The minimum Gasteiger partial charge on any atom is -0.325 e. The molecule has 2 aromatic carbocycles. The Bertz CT molecular complexity index is 1280. The molecule has 0 aliphatic heterocycles. The fourth-order valence-electron chi connectivity index (χ4n) is 3.00. The zero-order valence-electron chi connectivity index (χ0n) is 16.2. The second kappa shape index (κ2) is 8.41. The topological polar surface area (TPSA) is 74.8 Å². The molecule has 4 rings (SSSR count). The van der Waals surface area contributed by atoms with E-state index < -0.39 is 5.25 Å². The number of rotatable bonds is 5. The minimum absolute atomic E-state index is 0.171. The fourth-order valence-corrected chi connectivity index (χ4v) is 4.80. The van der Waals surface area contributed by atoms with Crippen LogP contribution < -0.4 is 10.9 Å². The van der Waals surface area contributed by atoms with E-state index in [1.54, 1.807) is 19.1 Å². The van der Waals surface area contributed by atoms with Crippen molar-refractivity contribution in [2.75, 3.05) is 5.32 Å². The number of fused-ring (bicyclic) bond motifs is 1. The second-order valence-corrected chi connectivity index (χ2v) is 8.96. The zero-order valence-corrected chi connectivity index (χ0v) is 17.9. The SMILES string of the molecule is Cc1ccccc1NC(=O)C(C)Sc1nc2scc(-c3ccc(F)cc3)c2c(=O)[nH]1. The lowest BCUT2D eigenvalue weighted by Gasteiger charge is -2.13. The minimum atomic E-state index is -0.457. The number of amides is 1. The quantitative estimate of drug-likeness (QED) is 0.330. The lowest BCUT2D eigenvalue weighted by atomic mass is 10.1. The summed E-state index contributed by atoms with van der Waals surface area (Å²) in [7, 11) is 0. The maximum Gasteiger partial charge on any atom is 0.260 e. The van der Waals surface area contributed by atoms with E-state index >= 15 is 0 Å². The lowest BCUT2D eigenvalue weighted by Crippen LogP contribution is -2.23. The van der Waals surface area contributed by atoms with Gasteiger partial charge in [-0.25, -0.2) is 9.37 Å². The van der Waals surface area contributed by atoms with E-state index in [-0.39, 0.29) is 17.3 Å². The number of para-hydroxylation sites is 1. The third-order valence-electron chi connectivity index (χ3n) is 4.64. The van der Waals surface area contributed by atoms with Crippen molar-refractivity contribution < 1.29 is 9.18 Å². The number of hydrogen-bond acceptors (Lipinski definition) is 5. The number of benzene rings is 2. The number of halogens is 1. The predicted molar refractivity (Wildman–Crippen MR) is 121 cm³/mol. The number of aromatic amines is 1. The summed E-state index contributed by atoms with van der Waals surface area (Å²) in [6.45, 7) is 3.69. The molecule has 0 bridgehead atoms. The van der Waals surface area contributed by atoms with Crippen molar-refractivity contribution in [2.24, 2.45) is 0 Å². The van der Waals surface area contributed by atoms with Crippen LogP contribution in [0.15, 0.2) is 63.9 Å². The van der Waals surface area contributed by atoms with Gasteiger partial charge in [-0.2, -0.15) is 0 Å². The first-order valence-electron chi connectivity index (χ1n) is 9.23. The van der Waals surface area contributed by atoms with Crippen molar-refractivity contribution >= 4 is 44.9 Å². The molecular formula is C22H18FN3O2S2. The van der Waals surface area contributed by atoms with Crippen LogP contribution in [0.2, 0.25) is 0 Å². The van der Waals surface area contributed by atoms with E-state index in [0.29, 0.717) is 20.9 Å². The molecule has 4 aromatic rings. The molecule has 0 fully saturated rings. The largest absolute Gasteiger partial charge is 0.325 e. The Hall–Kier alpha value is -2.97. The fraction of sp³-hybridized carbons (Fsp3) is 0.136. The number of hydrogen-bond donors (Lipinski definition) is 2. The Morgan fingerprint density at radius 2 is 1.93 bits per heavy atom. The number of carbonyl (C=O) groups is 1. The van der Waals surface area contributed by atoms with E-state index in [1.165, 1.54) is 35.2 Å². The number of H-pyrrole nitrogens is 1. The molecule has 0 aliphatic carbocycles. The monoisotopic (exact) mass is 439 g/mol. The number of nitrogens with zero attached hydrogens (tertiary/aromatic N) is 1. The van der Waals surface area contributed by atoms with Gasteiger partial charge in [0.2, 0.25) is 5.91 Å². The number of thioether (sulfide) groups is 1. The maximum absolute atomic E-state index is 13.2. The third-order valence-corrected chi connectivity index (χ3v) is 6.49. The highest BCUT2D eigenvalue weighted by Gasteiger charge is 2.19. The molecule has 1 atom stereocenters. The molecule has 5 nitrogen and oxygen atoms in total. The van der Waals surface area contributed by atoms with Gasteiger partial charge in [0.15, 0.2) is 5.16 Å². The number of nitrogens with one attached hydrogen (secondary N) is 2. The summed E-state index contributed by atoms with van der Waals surface area (Å²) in [5, 5.41) is 5.13. The van der Waals surface area contributed by atoms with Gasteiger partial charge >= 0.3 is 0 Å². The van der Waals surface area contributed by atoms with Gasteiger partial charge in [-0.3, -0.25) is 9.59 Å². The van der Waals surface area contributed by atoms with Crippen LogP contribution in [-0.4, -0.2) is 21.1 Å². The molecule has 2 aromatic heterocycles. The number of anilines is 1. The van der Waals surface area contributed by atoms with Crippen LogP contribution in [0.3, 0.4) is 0 Å². The average molecular weight is 440 g/mol. The molecule has 0 saturated carbocycles. The second-order valence-electron chi connectivity index (χ2n) is 6.77. The Morgan fingerprint density at radius 3 is 2.67 bits per heavy atom. The van der Waals surface area contributed by atoms with Gasteiger partial charge in [0, 0.05) is 16.6 Å². The molecule has 8 heteroatoms. The molecule has 0 radical (unpaired) electrons. The van der Waals surface area contributed by atoms with E-state index in [0.717, 1.165) is 16.8 Å². The predicted octanol–water partition coefficient (Wildman–Crippen LogP) is 5.22. The molecule has 152 valence electrons. The van der Waals surface area contributed by atoms with Gasteiger partial charge in [-0.15, -0.1) is 11.3 Å². The summed E-state index contributed by atoms with van der Waals surface area (Å²) in [5.74, 6) is -0.503. The van der Waals surface area contributed by atoms with Gasteiger partial charge < -0.3 is 10.3 Å². The van der Waals surface area contributed by atoms with Gasteiger partial charge in [0.1, 0.15) is 10.6 Å². The van der Waals surface area contributed by atoms with Crippen molar-refractivity contribution in [2.45, 2.75) is 24.3 Å². The summed E-state index contributed by atoms with van der Waals surface area (Å²) in [6, 6.07) is 13.5. The van der Waals surface area contributed by atoms with Crippen molar-refractivity contribution in [1.82, 2.24) is 9.97 Å².